The van der Waals surface area contributed by atoms with Gasteiger partial charge in [-0.3, -0.25) is 0 Å². The summed E-state index contributed by atoms with van der Waals surface area (Å²) >= 11 is 0. The predicted octanol–water partition coefficient (Wildman–Crippen LogP) is 2.81. The summed E-state index contributed by atoms with van der Waals surface area (Å²) in [4.78, 5) is 0. The molecule has 1 rings (SSSR count). The Hall–Kier alpha value is -0.480. The Morgan fingerprint density at radius 2 is 2.15 bits per heavy atom. The van der Waals surface area contributed by atoms with Crippen LogP contribution in [0, 0.1) is 24.2 Å². The highest BCUT2D eigenvalue weighted by molar-refractivity contribution is 5.06. The minimum absolute atomic E-state index is 0.280. The highest BCUT2D eigenvalue weighted by Gasteiger charge is 2.09. The Bertz CT molecular complexity index is 181. The van der Waals surface area contributed by atoms with Gasteiger partial charge in [0, 0.05) is 19.4 Å². The van der Waals surface area contributed by atoms with Crippen LogP contribution < -0.4 is 0 Å². The van der Waals surface area contributed by atoms with E-state index >= 15 is 0 Å². The Balaban J connectivity index is 2.20. The summed E-state index contributed by atoms with van der Waals surface area (Å²) in [6, 6.07) is 0. The van der Waals surface area contributed by atoms with Gasteiger partial charge in [0.25, 0.3) is 0 Å². The normalized spacial score (nSPS) is 20.5. The predicted molar refractivity (Wildman–Crippen MR) is 55.1 cm³/mol. The lowest BCUT2D eigenvalue weighted by atomic mass is 9.90. The van der Waals surface area contributed by atoms with Gasteiger partial charge < -0.3 is 4.74 Å². The van der Waals surface area contributed by atoms with E-state index in [2.05, 4.69) is 25.2 Å². The van der Waals surface area contributed by atoms with Gasteiger partial charge in [-0.25, -0.2) is 0 Å². The molecule has 1 aliphatic rings. The van der Waals surface area contributed by atoms with Gasteiger partial charge in [0.2, 0.25) is 0 Å². The molecule has 0 aromatic carbocycles. The number of hydrogen-bond acceptors (Lipinski definition) is 1. The first kappa shape index (κ1) is 10.6. The van der Waals surface area contributed by atoms with E-state index in [0.717, 1.165) is 6.42 Å². The van der Waals surface area contributed by atoms with Crippen molar-refractivity contribution in [2.45, 2.75) is 45.1 Å². The monoisotopic (exact) mass is 179 g/mol. The van der Waals surface area contributed by atoms with E-state index in [0.29, 0.717) is 5.92 Å². The van der Waals surface area contributed by atoms with Crippen LogP contribution in [0.1, 0.15) is 39.0 Å². The van der Waals surface area contributed by atoms with Crippen LogP contribution in [0.5, 0.6) is 0 Å². The van der Waals surface area contributed by atoms with E-state index in [1.54, 1.807) is 7.11 Å². The Morgan fingerprint density at radius 1 is 1.46 bits per heavy atom. The molecular formula is C12H19O. The van der Waals surface area contributed by atoms with Gasteiger partial charge >= 0.3 is 0 Å². The fourth-order valence-corrected chi connectivity index (χ4v) is 1.50. The van der Waals surface area contributed by atoms with Crippen molar-refractivity contribution in [3.05, 3.63) is 6.42 Å². The van der Waals surface area contributed by atoms with Crippen molar-refractivity contribution in [2.75, 3.05) is 7.11 Å². The SMILES string of the molecule is COC(C)CC#CC1CC[CH]CC1. The average molecular weight is 179 g/mol. The topological polar surface area (TPSA) is 9.23 Å². The minimum atomic E-state index is 0.280. The maximum Gasteiger partial charge on any atom is 0.0652 e. The molecule has 1 unspecified atom stereocenters. The van der Waals surface area contributed by atoms with Crippen LogP contribution in [0.15, 0.2) is 0 Å². The molecule has 0 N–H and O–H groups in total. The van der Waals surface area contributed by atoms with E-state index in [1.807, 2.05) is 0 Å². The number of methoxy groups -OCH3 is 1. The molecule has 1 heteroatoms. The summed E-state index contributed by atoms with van der Waals surface area (Å²) in [5, 5.41) is 0. The Morgan fingerprint density at radius 3 is 2.77 bits per heavy atom. The summed E-state index contributed by atoms with van der Waals surface area (Å²) in [7, 11) is 1.74. The van der Waals surface area contributed by atoms with E-state index in [9.17, 15) is 0 Å². The second-order valence-electron chi connectivity index (χ2n) is 3.71. The molecule has 1 radical (unpaired) electrons. The molecule has 0 amide bonds. The highest BCUT2D eigenvalue weighted by atomic mass is 16.5. The van der Waals surface area contributed by atoms with Crippen LogP contribution in [-0.2, 0) is 4.74 Å². The summed E-state index contributed by atoms with van der Waals surface area (Å²) in [6.07, 6.45) is 8.54. The van der Waals surface area contributed by atoms with Gasteiger partial charge in [0.1, 0.15) is 0 Å². The molecule has 1 nitrogen and oxygen atoms in total. The zero-order chi connectivity index (χ0) is 9.52. The second kappa shape index (κ2) is 6.05. The second-order valence-corrected chi connectivity index (χ2v) is 3.71. The van der Waals surface area contributed by atoms with Crippen molar-refractivity contribution in [3.63, 3.8) is 0 Å². The zero-order valence-electron chi connectivity index (χ0n) is 8.68. The molecule has 0 bridgehead atoms. The molecule has 0 aromatic heterocycles. The quantitative estimate of drug-likeness (QED) is 0.592. The van der Waals surface area contributed by atoms with Crippen molar-refractivity contribution < 1.29 is 4.74 Å². The van der Waals surface area contributed by atoms with Crippen molar-refractivity contribution in [1.82, 2.24) is 0 Å². The molecule has 1 fully saturated rings. The van der Waals surface area contributed by atoms with E-state index in [4.69, 9.17) is 4.74 Å². The van der Waals surface area contributed by atoms with Crippen molar-refractivity contribution in [2.24, 2.45) is 5.92 Å². The molecule has 1 aliphatic carbocycles. The molecule has 73 valence electrons. The molecule has 13 heavy (non-hydrogen) atoms. The fourth-order valence-electron chi connectivity index (χ4n) is 1.50. The summed E-state index contributed by atoms with van der Waals surface area (Å²) < 4.78 is 5.13. The van der Waals surface area contributed by atoms with Gasteiger partial charge in [0.15, 0.2) is 0 Å². The molecule has 0 aromatic rings. The third kappa shape index (κ3) is 4.33. The van der Waals surface area contributed by atoms with Crippen molar-refractivity contribution in [1.29, 1.82) is 0 Å². The number of ether oxygens (including phenoxy) is 1. The van der Waals surface area contributed by atoms with Crippen molar-refractivity contribution >= 4 is 0 Å². The fraction of sp³-hybridized carbons (Fsp3) is 0.750. The molecule has 0 spiro atoms. The van der Waals surface area contributed by atoms with Crippen LogP contribution in [0.3, 0.4) is 0 Å². The highest BCUT2D eigenvalue weighted by Crippen LogP contribution is 2.21. The Kier molecular flexibility index (Phi) is 4.93. The molecule has 1 atom stereocenters. The first-order valence-corrected chi connectivity index (χ1v) is 5.15. The van der Waals surface area contributed by atoms with Crippen LogP contribution in [0.2, 0.25) is 0 Å². The maximum atomic E-state index is 5.13. The van der Waals surface area contributed by atoms with Crippen LogP contribution in [0.25, 0.3) is 0 Å². The average Bonchev–Trinajstić information content (AvgIpc) is 2.19. The molecular weight excluding hydrogens is 160 g/mol. The van der Waals surface area contributed by atoms with Crippen LogP contribution in [0.4, 0.5) is 0 Å². The lowest BCUT2D eigenvalue weighted by Gasteiger charge is -2.15. The van der Waals surface area contributed by atoms with Gasteiger partial charge in [-0.2, -0.15) is 0 Å². The van der Waals surface area contributed by atoms with Crippen LogP contribution >= 0.6 is 0 Å². The van der Waals surface area contributed by atoms with E-state index in [-0.39, 0.29) is 6.10 Å². The Labute approximate surface area is 81.9 Å². The minimum Gasteiger partial charge on any atom is -0.381 e. The third-order valence-corrected chi connectivity index (χ3v) is 2.54. The van der Waals surface area contributed by atoms with Gasteiger partial charge in [-0.15, -0.1) is 5.92 Å². The van der Waals surface area contributed by atoms with Crippen LogP contribution in [-0.4, -0.2) is 13.2 Å². The standard InChI is InChI=1S/C12H19O/c1-11(13-2)7-6-10-12-8-4-3-5-9-12/h3,11-12H,4-5,7-9H2,1-2H3. The molecule has 0 saturated heterocycles. The lowest BCUT2D eigenvalue weighted by molar-refractivity contribution is 0.123. The van der Waals surface area contributed by atoms with E-state index in [1.165, 1.54) is 25.7 Å². The lowest BCUT2D eigenvalue weighted by Crippen LogP contribution is -2.05. The first-order valence-electron chi connectivity index (χ1n) is 5.15. The molecule has 1 saturated carbocycles. The van der Waals surface area contributed by atoms with Gasteiger partial charge in [-0.1, -0.05) is 5.92 Å². The number of hydrogen-bond donors (Lipinski definition) is 0. The van der Waals surface area contributed by atoms with Crippen molar-refractivity contribution in [3.8, 4) is 11.8 Å². The van der Waals surface area contributed by atoms with E-state index < -0.39 is 0 Å². The van der Waals surface area contributed by atoms with Gasteiger partial charge in [-0.05, 0) is 39.0 Å². The zero-order valence-corrected chi connectivity index (χ0v) is 8.68. The summed E-state index contributed by atoms with van der Waals surface area (Å²) in [5.41, 5.74) is 0. The summed E-state index contributed by atoms with van der Waals surface area (Å²) in [6.45, 7) is 2.06. The third-order valence-electron chi connectivity index (χ3n) is 2.54. The largest absolute Gasteiger partial charge is 0.381 e. The maximum absolute atomic E-state index is 5.13. The summed E-state index contributed by atoms with van der Waals surface area (Å²) in [5.74, 6) is 7.20. The smallest absolute Gasteiger partial charge is 0.0652 e. The first-order chi connectivity index (χ1) is 6.33. The molecule has 0 heterocycles. The molecule has 0 aliphatic heterocycles. The van der Waals surface area contributed by atoms with Gasteiger partial charge in [0.05, 0.1) is 6.10 Å². The number of rotatable bonds is 2.